The number of aromatic nitrogens is 2. The van der Waals surface area contributed by atoms with Gasteiger partial charge in [0, 0.05) is 23.4 Å². The summed E-state index contributed by atoms with van der Waals surface area (Å²) >= 11 is 0. The molecule has 1 amide bonds. The molecule has 6 heteroatoms. The molecule has 1 aromatic heterocycles. The minimum atomic E-state index is -0.568. The Balaban J connectivity index is 1.28. The number of benzene rings is 4. The van der Waals surface area contributed by atoms with Crippen molar-refractivity contribution in [1.82, 2.24) is 9.97 Å². The normalized spacial score (nSPS) is 12.7. The molecule has 0 saturated heterocycles. The minimum Gasteiger partial charge on any atom is -0.452 e. The lowest BCUT2D eigenvalue weighted by Crippen LogP contribution is -2.38. The number of carbonyl (C=O) groups excluding carboxylic acids is 2. The SMILES string of the molecule is Cc1ccc(-c2nc3ccc(C(=O)OCC(=O)N4CCCc5ccccc54)cc3nc2-c2ccc(C)cc2)cc1. The van der Waals surface area contributed by atoms with Crippen LogP contribution in [0.3, 0.4) is 0 Å². The van der Waals surface area contributed by atoms with Crippen molar-refractivity contribution >= 4 is 28.6 Å². The second kappa shape index (κ2) is 10.7. The molecule has 40 heavy (non-hydrogen) atoms. The molecule has 0 saturated carbocycles. The first-order chi connectivity index (χ1) is 19.5. The van der Waals surface area contributed by atoms with Gasteiger partial charge in [-0.05, 0) is 56.5 Å². The summed E-state index contributed by atoms with van der Waals surface area (Å²) < 4.78 is 5.46. The van der Waals surface area contributed by atoms with Crippen LogP contribution in [0.15, 0.2) is 91.0 Å². The molecule has 198 valence electrons. The lowest BCUT2D eigenvalue weighted by Gasteiger charge is -2.29. The van der Waals surface area contributed by atoms with Crippen LogP contribution in [0.5, 0.6) is 0 Å². The molecule has 6 nitrogen and oxygen atoms in total. The molecule has 4 aromatic carbocycles. The third-order valence-corrected chi connectivity index (χ3v) is 7.29. The average molecular weight is 528 g/mol. The van der Waals surface area contributed by atoms with E-state index in [4.69, 9.17) is 14.7 Å². The maximum atomic E-state index is 13.0. The highest BCUT2D eigenvalue weighted by Gasteiger charge is 2.23. The zero-order valence-corrected chi connectivity index (χ0v) is 22.6. The van der Waals surface area contributed by atoms with Crippen LogP contribution >= 0.6 is 0 Å². The Bertz CT molecular complexity index is 1730. The minimum absolute atomic E-state index is 0.231. The van der Waals surface area contributed by atoms with E-state index in [9.17, 15) is 9.59 Å². The van der Waals surface area contributed by atoms with Crippen LogP contribution in [0, 0.1) is 13.8 Å². The third-order valence-electron chi connectivity index (χ3n) is 7.29. The van der Waals surface area contributed by atoms with Crippen LogP contribution in [-0.4, -0.2) is 35.0 Å². The van der Waals surface area contributed by atoms with Crippen molar-refractivity contribution in [2.75, 3.05) is 18.1 Å². The van der Waals surface area contributed by atoms with Crippen LogP contribution in [0.2, 0.25) is 0 Å². The summed E-state index contributed by atoms with van der Waals surface area (Å²) in [4.78, 5) is 37.6. The van der Waals surface area contributed by atoms with Gasteiger partial charge in [0.15, 0.2) is 6.61 Å². The van der Waals surface area contributed by atoms with Gasteiger partial charge in [0.25, 0.3) is 5.91 Å². The highest BCUT2D eigenvalue weighted by atomic mass is 16.5. The molecule has 0 aliphatic carbocycles. The first-order valence-corrected chi connectivity index (χ1v) is 13.5. The van der Waals surface area contributed by atoms with Gasteiger partial charge in [0.2, 0.25) is 0 Å². The molecule has 0 fully saturated rings. The number of carbonyl (C=O) groups is 2. The Kier molecular flexibility index (Phi) is 6.83. The fourth-order valence-electron chi connectivity index (χ4n) is 5.09. The number of hydrogen-bond acceptors (Lipinski definition) is 5. The highest BCUT2D eigenvalue weighted by molar-refractivity contribution is 5.99. The Morgan fingerprint density at radius 2 is 1.40 bits per heavy atom. The lowest BCUT2D eigenvalue weighted by molar-refractivity contribution is -0.121. The summed E-state index contributed by atoms with van der Waals surface area (Å²) in [6.07, 6.45) is 1.82. The molecule has 0 unspecified atom stereocenters. The molecule has 2 heterocycles. The van der Waals surface area contributed by atoms with Gasteiger partial charge >= 0.3 is 5.97 Å². The summed E-state index contributed by atoms with van der Waals surface area (Å²) in [5.74, 6) is -0.799. The molecule has 0 radical (unpaired) electrons. The number of para-hydroxylation sites is 1. The van der Waals surface area contributed by atoms with Gasteiger partial charge in [-0.15, -0.1) is 0 Å². The van der Waals surface area contributed by atoms with E-state index in [1.807, 2.05) is 67.6 Å². The number of aryl methyl sites for hydroxylation is 3. The second-order valence-corrected chi connectivity index (χ2v) is 10.2. The largest absolute Gasteiger partial charge is 0.452 e. The second-order valence-electron chi connectivity index (χ2n) is 10.2. The monoisotopic (exact) mass is 527 g/mol. The number of hydrogen-bond donors (Lipinski definition) is 0. The van der Waals surface area contributed by atoms with Crippen molar-refractivity contribution in [1.29, 1.82) is 0 Å². The number of nitrogens with zero attached hydrogens (tertiary/aromatic N) is 3. The van der Waals surface area contributed by atoms with E-state index in [0.29, 0.717) is 23.1 Å². The molecule has 1 aliphatic rings. The Hall–Kier alpha value is -4.84. The number of anilines is 1. The van der Waals surface area contributed by atoms with E-state index in [2.05, 4.69) is 19.1 Å². The van der Waals surface area contributed by atoms with E-state index in [-0.39, 0.29) is 12.5 Å². The topological polar surface area (TPSA) is 72.4 Å². The van der Waals surface area contributed by atoms with Gasteiger partial charge < -0.3 is 9.64 Å². The van der Waals surface area contributed by atoms with Gasteiger partial charge in [-0.2, -0.15) is 0 Å². The van der Waals surface area contributed by atoms with Gasteiger partial charge in [0.1, 0.15) is 0 Å². The fourth-order valence-corrected chi connectivity index (χ4v) is 5.09. The predicted octanol–water partition coefficient (Wildman–Crippen LogP) is 6.72. The van der Waals surface area contributed by atoms with E-state index in [1.54, 1.807) is 23.1 Å². The molecule has 0 spiro atoms. The van der Waals surface area contributed by atoms with Gasteiger partial charge in [0.05, 0.1) is 28.0 Å². The summed E-state index contributed by atoms with van der Waals surface area (Å²) in [6.45, 7) is 4.39. The zero-order chi connectivity index (χ0) is 27.6. The van der Waals surface area contributed by atoms with Crippen molar-refractivity contribution in [3.63, 3.8) is 0 Å². The van der Waals surface area contributed by atoms with Crippen LogP contribution in [-0.2, 0) is 16.0 Å². The van der Waals surface area contributed by atoms with Crippen molar-refractivity contribution in [2.45, 2.75) is 26.7 Å². The molecular formula is C34H29N3O3. The third kappa shape index (κ3) is 5.08. The zero-order valence-electron chi connectivity index (χ0n) is 22.6. The van der Waals surface area contributed by atoms with Crippen molar-refractivity contribution < 1.29 is 14.3 Å². The maximum Gasteiger partial charge on any atom is 0.338 e. The van der Waals surface area contributed by atoms with Gasteiger partial charge in [-0.1, -0.05) is 77.9 Å². The Labute approximate surface area is 233 Å². The first-order valence-electron chi connectivity index (χ1n) is 13.5. The Morgan fingerprint density at radius 1 is 0.775 bits per heavy atom. The van der Waals surface area contributed by atoms with Crippen molar-refractivity contribution in [2.24, 2.45) is 0 Å². The molecule has 0 N–H and O–H groups in total. The standard InChI is InChI=1S/C34H29N3O3/c1-22-9-13-25(14-10-22)32-33(26-15-11-23(2)12-16-26)36-29-20-27(17-18-28(29)35-32)34(39)40-21-31(38)37-19-5-7-24-6-3-4-8-30(24)37/h3-4,6,8-18,20H,5,7,19,21H2,1-2H3. The lowest BCUT2D eigenvalue weighted by atomic mass is 10.0. The van der Waals surface area contributed by atoms with E-state index < -0.39 is 5.97 Å². The van der Waals surface area contributed by atoms with Crippen LogP contribution < -0.4 is 4.90 Å². The van der Waals surface area contributed by atoms with Crippen molar-refractivity contribution in [3.8, 4) is 22.5 Å². The smallest absolute Gasteiger partial charge is 0.338 e. The fraction of sp³-hybridized carbons (Fsp3) is 0.176. The highest BCUT2D eigenvalue weighted by Crippen LogP contribution is 2.32. The quantitative estimate of drug-likeness (QED) is 0.237. The molecule has 0 bridgehead atoms. The van der Waals surface area contributed by atoms with Crippen LogP contribution in [0.25, 0.3) is 33.5 Å². The van der Waals surface area contributed by atoms with E-state index in [0.717, 1.165) is 52.2 Å². The maximum absolute atomic E-state index is 13.0. The number of esters is 1. The number of fused-ring (bicyclic) bond motifs is 2. The molecule has 5 aromatic rings. The first kappa shape index (κ1) is 25.4. The average Bonchev–Trinajstić information content (AvgIpc) is 2.99. The molecular weight excluding hydrogens is 498 g/mol. The van der Waals surface area contributed by atoms with Crippen molar-refractivity contribution in [3.05, 3.63) is 113 Å². The summed E-state index contributed by atoms with van der Waals surface area (Å²) in [5.41, 5.74) is 9.35. The van der Waals surface area contributed by atoms with E-state index >= 15 is 0 Å². The number of rotatable bonds is 5. The number of ether oxygens (including phenoxy) is 1. The molecule has 0 atom stereocenters. The molecule has 1 aliphatic heterocycles. The summed E-state index contributed by atoms with van der Waals surface area (Å²) in [6, 6.07) is 29.4. The number of amides is 1. The van der Waals surface area contributed by atoms with Crippen LogP contribution in [0.4, 0.5) is 5.69 Å². The summed E-state index contributed by atoms with van der Waals surface area (Å²) in [7, 11) is 0. The van der Waals surface area contributed by atoms with Gasteiger partial charge in [-0.25, -0.2) is 14.8 Å². The summed E-state index contributed by atoms with van der Waals surface area (Å²) in [5, 5.41) is 0. The van der Waals surface area contributed by atoms with Gasteiger partial charge in [-0.3, -0.25) is 4.79 Å². The van der Waals surface area contributed by atoms with Crippen LogP contribution in [0.1, 0.15) is 33.5 Å². The molecule has 6 rings (SSSR count). The predicted molar refractivity (Wildman–Crippen MR) is 157 cm³/mol. The Morgan fingerprint density at radius 3 is 2.08 bits per heavy atom. The van der Waals surface area contributed by atoms with E-state index in [1.165, 1.54) is 5.56 Å².